The molecule has 2 aromatic heterocycles. The Morgan fingerprint density at radius 1 is 1.32 bits per heavy atom. The third-order valence-electron chi connectivity index (χ3n) is 2.60. The summed E-state index contributed by atoms with van der Waals surface area (Å²) in [5, 5.41) is 10.5. The summed E-state index contributed by atoms with van der Waals surface area (Å²) in [7, 11) is 3.89. The molecule has 3 rings (SSSR count). The fourth-order valence-electron chi connectivity index (χ4n) is 1.50. The molecule has 0 unspecified atom stereocenters. The van der Waals surface area contributed by atoms with Gasteiger partial charge in [-0.25, -0.2) is 9.97 Å². The topological polar surface area (TPSA) is 54.8 Å². The lowest BCUT2D eigenvalue weighted by atomic mass is 10.4. The molecule has 2 heterocycles. The Hall–Kier alpha value is -0.920. The fourth-order valence-corrected chi connectivity index (χ4v) is 3.48. The number of hydrogen-bond acceptors (Lipinski definition) is 7. The smallest absolute Gasteiger partial charge is 0.208 e. The van der Waals surface area contributed by atoms with Crippen molar-refractivity contribution in [1.29, 1.82) is 0 Å². The van der Waals surface area contributed by atoms with E-state index in [1.165, 1.54) is 23.1 Å². The molecule has 1 aliphatic rings. The quantitative estimate of drug-likeness (QED) is 0.809. The molecule has 0 atom stereocenters. The SMILES string of the molecule is CN(C)c1nnc(Sc2cc(Cl)nc(C3CC3)n2)s1. The van der Waals surface area contributed by atoms with E-state index in [0.717, 1.165) is 33.2 Å². The van der Waals surface area contributed by atoms with E-state index in [2.05, 4.69) is 20.2 Å². The van der Waals surface area contributed by atoms with Gasteiger partial charge in [0.1, 0.15) is 16.0 Å². The second kappa shape index (κ2) is 5.22. The van der Waals surface area contributed by atoms with Crippen LogP contribution in [0.3, 0.4) is 0 Å². The van der Waals surface area contributed by atoms with Crippen LogP contribution in [0.1, 0.15) is 24.6 Å². The highest BCUT2D eigenvalue weighted by Crippen LogP contribution is 2.40. The Labute approximate surface area is 124 Å². The first-order valence-corrected chi connectivity index (χ1v) is 7.86. The number of rotatable bonds is 4. The zero-order chi connectivity index (χ0) is 13.4. The summed E-state index contributed by atoms with van der Waals surface area (Å²) < 4.78 is 0.861. The van der Waals surface area contributed by atoms with E-state index in [1.54, 1.807) is 6.07 Å². The number of nitrogens with zero attached hydrogens (tertiary/aromatic N) is 5. The maximum atomic E-state index is 6.04. The molecule has 0 amide bonds. The highest BCUT2D eigenvalue weighted by Gasteiger charge is 2.27. The normalized spacial score (nSPS) is 14.7. The third kappa shape index (κ3) is 3.16. The van der Waals surface area contributed by atoms with E-state index < -0.39 is 0 Å². The molecule has 19 heavy (non-hydrogen) atoms. The maximum Gasteiger partial charge on any atom is 0.208 e. The lowest BCUT2D eigenvalue weighted by Gasteiger charge is -2.04. The predicted molar refractivity (Wildman–Crippen MR) is 77.4 cm³/mol. The molecular formula is C11H12ClN5S2. The molecule has 0 spiro atoms. The predicted octanol–water partition coefficient (Wildman–Crippen LogP) is 3.08. The Bertz CT molecular complexity index is 597. The van der Waals surface area contributed by atoms with Crippen LogP contribution in [-0.2, 0) is 0 Å². The van der Waals surface area contributed by atoms with Crippen molar-refractivity contribution in [3.05, 3.63) is 17.0 Å². The van der Waals surface area contributed by atoms with Crippen molar-refractivity contribution >= 4 is 39.8 Å². The van der Waals surface area contributed by atoms with E-state index >= 15 is 0 Å². The van der Waals surface area contributed by atoms with Crippen molar-refractivity contribution in [2.45, 2.75) is 28.1 Å². The minimum absolute atomic E-state index is 0.491. The van der Waals surface area contributed by atoms with Gasteiger partial charge in [-0.15, -0.1) is 10.2 Å². The molecule has 1 aliphatic carbocycles. The molecule has 1 saturated carbocycles. The molecule has 1 fully saturated rings. The number of hydrogen-bond donors (Lipinski definition) is 0. The van der Waals surface area contributed by atoms with Crippen LogP contribution in [0.25, 0.3) is 0 Å². The van der Waals surface area contributed by atoms with Gasteiger partial charge in [0.15, 0.2) is 4.34 Å². The average molecular weight is 314 g/mol. The average Bonchev–Trinajstić information content (AvgIpc) is 3.09. The van der Waals surface area contributed by atoms with Crippen molar-refractivity contribution in [3.8, 4) is 0 Å². The Morgan fingerprint density at radius 2 is 2.11 bits per heavy atom. The fraction of sp³-hybridized carbons (Fsp3) is 0.455. The molecule has 2 aromatic rings. The van der Waals surface area contributed by atoms with Crippen LogP contribution in [0.15, 0.2) is 15.4 Å². The van der Waals surface area contributed by atoms with E-state index in [4.69, 9.17) is 11.6 Å². The van der Waals surface area contributed by atoms with Crippen LogP contribution >= 0.6 is 34.7 Å². The van der Waals surface area contributed by atoms with Gasteiger partial charge in [-0.05, 0) is 24.6 Å². The summed E-state index contributed by atoms with van der Waals surface area (Å²) in [5.74, 6) is 1.34. The van der Waals surface area contributed by atoms with Crippen molar-refractivity contribution in [1.82, 2.24) is 20.2 Å². The van der Waals surface area contributed by atoms with E-state index in [0.29, 0.717) is 11.1 Å². The Morgan fingerprint density at radius 3 is 2.74 bits per heavy atom. The van der Waals surface area contributed by atoms with Crippen molar-refractivity contribution in [3.63, 3.8) is 0 Å². The Kier molecular flexibility index (Phi) is 3.60. The summed E-state index contributed by atoms with van der Waals surface area (Å²) >= 11 is 9.06. The maximum absolute atomic E-state index is 6.04. The van der Waals surface area contributed by atoms with Gasteiger partial charge in [-0.2, -0.15) is 0 Å². The minimum atomic E-state index is 0.491. The summed E-state index contributed by atoms with van der Waals surface area (Å²) in [4.78, 5) is 10.7. The second-order valence-electron chi connectivity index (χ2n) is 4.51. The first-order valence-electron chi connectivity index (χ1n) is 5.85. The summed E-state index contributed by atoms with van der Waals surface area (Å²) in [5.41, 5.74) is 0. The molecule has 0 radical (unpaired) electrons. The van der Waals surface area contributed by atoms with E-state index in [9.17, 15) is 0 Å². The molecule has 5 nitrogen and oxygen atoms in total. The third-order valence-corrected chi connectivity index (χ3v) is 4.86. The first-order chi connectivity index (χ1) is 9.11. The molecule has 100 valence electrons. The number of aromatic nitrogens is 4. The van der Waals surface area contributed by atoms with E-state index in [1.807, 2.05) is 19.0 Å². The summed E-state index contributed by atoms with van der Waals surface area (Å²) in [6.45, 7) is 0. The van der Waals surface area contributed by atoms with Gasteiger partial charge >= 0.3 is 0 Å². The van der Waals surface area contributed by atoms with Crippen LogP contribution in [0.5, 0.6) is 0 Å². The molecule has 0 aromatic carbocycles. The van der Waals surface area contributed by atoms with Crippen LogP contribution in [0.4, 0.5) is 5.13 Å². The van der Waals surface area contributed by atoms with Crippen molar-refractivity contribution < 1.29 is 0 Å². The molecule has 0 saturated heterocycles. The van der Waals surface area contributed by atoms with Gasteiger partial charge in [0.2, 0.25) is 5.13 Å². The molecule has 0 bridgehead atoms. The van der Waals surface area contributed by atoms with Gasteiger partial charge in [0.05, 0.1) is 0 Å². The molecule has 0 N–H and O–H groups in total. The highest BCUT2D eigenvalue weighted by atomic mass is 35.5. The summed E-state index contributed by atoms with van der Waals surface area (Å²) in [6, 6.07) is 1.77. The molecular weight excluding hydrogens is 302 g/mol. The Balaban J connectivity index is 1.81. The van der Waals surface area contributed by atoms with Gasteiger partial charge in [0, 0.05) is 26.1 Å². The summed E-state index contributed by atoms with van der Waals surface area (Å²) in [6.07, 6.45) is 2.32. The number of halogens is 1. The van der Waals surface area contributed by atoms with Gasteiger partial charge in [0.25, 0.3) is 0 Å². The van der Waals surface area contributed by atoms with Gasteiger partial charge in [-0.3, -0.25) is 0 Å². The van der Waals surface area contributed by atoms with Crippen molar-refractivity contribution in [2.24, 2.45) is 0 Å². The monoisotopic (exact) mass is 313 g/mol. The highest BCUT2D eigenvalue weighted by molar-refractivity contribution is 8.01. The number of anilines is 1. The first kappa shape index (κ1) is 13.1. The lowest BCUT2D eigenvalue weighted by molar-refractivity contribution is 0.876. The largest absolute Gasteiger partial charge is 0.353 e. The minimum Gasteiger partial charge on any atom is -0.353 e. The standard InChI is InChI=1S/C11H12ClN5S2/c1-17(2)10-15-16-11(19-10)18-8-5-7(12)13-9(14-8)6-3-4-6/h5-6H,3-4H2,1-2H3. The van der Waals surface area contributed by atoms with Crippen LogP contribution < -0.4 is 4.90 Å². The molecule has 0 aliphatic heterocycles. The van der Waals surface area contributed by atoms with Crippen LogP contribution in [0, 0.1) is 0 Å². The van der Waals surface area contributed by atoms with E-state index in [-0.39, 0.29) is 0 Å². The van der Waals surface area contributed by atoms with Crippen molar-refractivity contribution in [2.75, 3.05) is 19.0 Å². The lowest BCUT2D eigenvalue weighted by Crippen LogP contribution is -2.07. The van der Waals surface area contributed by atoms with Gasteiger partial charge < -0.3 is 4.90 Å². The molecule has 8 heteroatoms. The second-order valence-corrected chi connectivity index (χ2v) is 7.12. The van der Waals surface area contributed by atoms with Crippen LogP contribution in [-0.4, -0.2) is 34.3 Å². The zero-order valence-electron chi connectivity index (χ0n) is 10.5. The van der Waals surface area contributed by atoms with Crippen LogP contribution in [0.2, 0.25) is 5.15 Å². The zero-order valence-corrected chi connectivity index (χ0v) is 12.9. The van der Waals surface area contributed by atoms with Gasteiger partial charge in [-0.1, -0.05) is 22.9 Å².